The fourth-order valence-electron chi connectivity index (χ4n) is 1.98. The minimum atomic E-state index is 0.802. The van der Waals surface area contributed by atoms with Crippen LogP contribution in [0.1, 0.15) is 11.3 Å². The van der Waals surface area contributed by atoms with Crippen LogP contribution in [0.25, 0.3) is 5.69 Å². The Kier molecular flexibility index (Phi) is 4.25. The summed E-state index contributed by atoms with van der Waals surface area (Å²) >= 11 is 1.64. The van der Waals surface area contributed by atoms with Crippen LogP contribution < -0.4 is 0 Å². The SMILES string of the molecule is Cc1cccc(-n2nnnc2SCCc2ccccn2)c1. The topological polar surface area (TPSA) is 56.5 Å². The molecular formula is C15H15N5S. The van der Waals surface area contributed by atoms with Crippen LogP contribution in [-0.4, -0.2) is 30.9 Å². The number of tetrazole rings is 1. The van der Waals surface area contributed by atoms with Crippen LogP contribution in [0, 0.1) is 6.92 Å². The van der Waals surface area contributed by atoms with E-state index in [2.05, 4.69) is 39.6 Å². The number of rotatable bonds is 5. The first kappa shape index (κ1) is 13.8. The number of pyridine rings is 1. The van der Waals surface area contributed by atoms with Crippen molar-refractivity contribution in [2.24, 2.45) is 0 Å². The van der Waals surface area contributed by atoms with E-state index >= 15 is 0 Å². The lowest BCUT2D eigenvalue weighted by molar-refractivity contribution is 0.755. The van der Waals surface area contributed by atoms with Crippen LogP contribution in [0.3, 0.4) is 0 Å². The summed E-state index contributed by atoms with van der Waals surface area (Å²) < 4.78 is 1.77. The molecule has 0 atom stereocenters. The van der Waals surface area contributed by atoms with E-state index in [1.165, 1.54) is 5.56 Å². The summed E-state index contributed by atoms with van der Waals surface area (Å²) in [5.41, 5.74) is 3.26. The van der Waals surface area contributed by atoms with Crippen molar-refractivity contribution in [3.63, 3.8) is 0 Å². The molecule has 0 saturated carbocycles. The lowest BCUT2D eigenvalue weighted by Gasteiger charge is -2.05. The molecule has 6 heteroatoms. The Balaban J connectivity index is 1.69. The Morgan fingerprint density at radius 3 is 2.90 bits per heavy atom. The van der Waals surface area contributed by atoms with E-state index in [-0.39, 0.29) is 0 Å². The van der Waals surface area contributed by atoms with Gasteiger partial charge in [-0.25, -0.2) is 0 Å². The van der Waals surface area contributed by atoms with Gasteiger partial charge in [-0.15, -0.1) is 5.10 Å². The van der Waals surface area contributed by atoms with E-state index < -0.39 is 0 Å². The second-order valence-corrected chi connectivity index (χ2v) is 5.69. The molecule has 3 rings (SSSR count). The lowest BCUT2D eigenvalue weighted by atomic mass is 10.2. The van der Waals surface area contributed by atoms with Gasteiger partial charge in [0.25, 0.3) is 0 Å². The van der Waals surface area contributed by atoms with Gasteiger partial charge >= 0.3 is 0 Å². The Morgan fingerprint density at radius 2 is 2.10 bits per heavy atom. The van der Waals surface area contributed by atoms with Gasteiger partial charge in [-0.1, -0.05) is 30.0 Å². The molecule has 0 aliphatic rings. The highest BCUT2D eigenvalue weighted by Crippen LogP contribution is 2.19. The summed E-state index contributed by atoms with van der Waals surface area (Å²) in [6, 6.07) is 14.1. The number of nitrogens with zero attached hydrogens (tertiary/aromatic N) is 5. The molecule has 106 valence electrons. The van der Waals surface area contributed by atoms with Gasteiger partial charge in [0.2, 0.25) is 5.16 Å². The fourth-order valence-corrected chi connectivity index (χ4v) is 2.84. The van der Waals surface area contributed by atoms with Crippen molar-refractivity contribution in [2.75, 3.05) is 5.75 Å². The molecule has 3 aromatic rings. The average molecular weight is 297 g/mol. The van der Waals surface area contributed by atoms with Gasteiger partial charge in [-0.3, -0.25) is 4.98 Å². The predicted octanol–water partition coefficient (Wildman–Crippen LogP) is 2.70. The van der Waals surface area contributed by atoms with Crippen LogP contribution in [0.5, 0.6) is 0 Å². The van der Waals surface area contributed by atoms with Gasteiger partial charge in [-0.05, 0) is 53.6 Å². The molecule has 5 nitrogen and oxygen atoms in total. The van der Waals surface area contributed by atoms with Crippen LogP contribution in [0.2, 0.25) is 0 Å². The van der Waals surface area contributed by atoms with Crippen molar-refractivity contribution in [3.8, 4) is 5.69 Å². The first-order valence-corrected chi connectivity index (χ1v) is 7.69. The molecule has 0 unspecified atom stereocenters. The van der Waals surface area contributed by atoms with Crippen molar-refractivity contribution in [3.05, 3.63) is 59.9 Å². The summed E-state index contributed by atoms with van der Waals surface area (Å²) in [5, 5.41) is 12.8. The molecule has 0 N–H and O–H groups in total. The Labute approximate surface area is 127 Å². The molecule has 21 heavy (non-hydrogen) atoms. The number of aromatic nitrogens is 5. The molecule has 0 aliphatic carbocycles. The summed E-state index contributed by atoms with van der Waals surface area (Å²) in [6.45, 7) is 2.06. The van der Waals surface area contributed by atoms with Gasteiger partial charge in [0, 0.05) is 17.6 Å². The zero-order chi connectivity index (χ0) is 14.5. The molecule has 0 saturated heterocycles. The minimum Gasteiger partial charge on any atom is -0.261 e. The molecule has 0 fully saturated rings. The van der Waals surface area contributed by atoms with E-state index in [0.717, 1.165) is 28.7 Å². The Hall–Kier alpha value is -2.21. The molecule has 0 aliphatic heterocycles. The number of benzene rings is 1. The van der Waals surface area contributed by atoms with E-state index in [1.54, 1.807) is 16.4 Å². The highest BCUT2D eigenvalue weighted by atomic mass is 32.2. The molecule has 1 aromatic carbocycles. The minimum absolute atomic E-state index is 0.802. The third-order valence-electron chi connectivity index (χ3n) is 3.00. The van der Waals surface area contributed by atoms with Crippen molar-refractivity contribution < 1.29 is 0 Å². The third kappa shape index (κ3) is 3.46. The lowest BCUT2D eigenvalue weighted by Crippen LogP contribution is -2.00. The molecular weight excluding hydrogens is 282 g/mol. The van der Waals surface area contributed by atoms with Crippen molar-refractivity contribution in [1.29, 1.82) is 0 Å². The summed E-state index contributed by atoms with van der Waals surface area (Å²) in [7, 11) is 0. The molecule has 0 spiro atoms. The summed E-state index contributed by atoms with van der Waals surface area (Å²) in [6.07, 6.45) is 2.71. The molecule has 2 heterocycles. The quantitative estimate of drug-likeness (QED) is 0.678. The van der Waals surface area contributed by atoms with Crippen molar-refractivity contribution in [1.82, 2.24) is 25.2 Å². The number of thioether (sulfide) groups is 1. The fraction of sp³-hybridized carbons (Fsp3) is 0.200. The Bertz CT molecular complexity index is 711. The number of hydrogen-bond donors (Lipinski definition) is 0. The Morgan fingerprint density at radius 1 is 1.14 bits per heavy atom. The first-order chi connectivity index (χ1) is 10.3. The number of hydrogen-bond acceptors (Lipinski definition) is 5. The maximum atomic E-state index is 4.32. The molecule has 0 amide bonds. The highest BCUT2D eigenvalue weighted by molar-refractivity contribution is 7.99. The van der Waals surface area contributed by atoms with E-state index in [1.807, 2.05) is 36.5 Å². The van der Waals surface area contributed by atoms with Crippen LogP contribution in [0.4, 0.5) is 0 Å². The zero-order valence-electron chi connectivity index (χ0n) is 11.7. The second kappa shape index (κ2) is 6.49. The monoisotopic (exact) mass is 297 g/mol. The van der Waals surface area contributed by atoms with Crippen LogP contribution >= 0.6 is 11.8 Å². The van der Waals surface area contributed by atoms with E-state index in [0.29, 0.717) is 0 Å². The van der Waals surface area contributed by atoms with Crippen molar-refractivity contribution >= 4 is 11.8 Å². The third-order valence-corrected chi connectivity index (χ3v) is 3.92. The molecule has 0 radical (unpaired) electrons. The first-order valence-electron chi connectivity index (χ1n) is 6.71. The standard InChI is InChI=1S/C15H15N5S/c1-12-5-4-7-14(11-12)20-15(17-18-19-20)21-10-8-13-6-2-3-9-16-13/h2-7,9,11H,8,10H2,1H3. The van der Waals surface area contributed by atoms with E-state index in [9.17, 15) is 0 Å². The van der Waals surface area contributed by atoms with Gasteiger partial charge in [-0.2, -0.15) is 4.68 Å². The maximum Gasteiger partial charge on any atom is 0.214 e. The van der Waals surface area contributed by atoms with Gasteiger partial charge in [0.05, 0.1) is 5.69 Å². The normalized spacial score (nSPS) is 10.7. The maximum absolute atomic E-state index is 4.32. The molecule has 0 bridgehead atoms. The van der Waals surface area contributed by atoms with Crippen LogP contribution in [-0.2, 0) is 6.42 Å². The van der Waals surface area contributed by atoms with Crippen LogP contribution in [0.15, 0.2) is 53.8 Å². The van der Waals surface area contributed by atoms with E-state index in [4.69, 9.17) is 0 Å². The largest absolute Gasteiger partial charge is 0.261 e. The van der Waals surface area contributed by atoms with Gasteiger partial charge < -0.3 is 0 Å². The van der Waals surface area contributed by atoms with Gasteiger partial charge in [0.1, 0.15) is 0 Å². The smallest absolute Gasteiger partial charge is 0.214 e. The molecule has 2 aromatic heterocycles. The average Bonchev–Trinajstić information content (AvgIpc) is 2.97. The highest BCUT2D eigenvalue weighted by Gasteiger charge is 2.09. The van der Waals surface area contributed by atoms with Gasteiger partial charge in [0.15, 0.2) is 0 Å². The predicted molar refractivity (Wildman–Crippen MR) is 82.6 cm³/mol. The number of aryl methyl sites for hydroxylation is 2. The summed E-state index contributed by atoms with van der Waals surface area (Å²) in [5.74, 6) is 0.892. The summed E-state index contributed by atoms with van der Waals surface area (Å²) in [4.78, 5) is 4.32. The zero-order valence-corrected chi connectivity index (χ0v) is 12.5. The van der Waals surface area contributed by atoms with Crippen molar-refractivity contribution in [2.45, 2.75) is 18.5 Å². The second-order valence-electron chi connectivity index (χ2n) is 4.63.